The lowest BCUT2D eigenvalue weighted by Crippen LogP contribution is -2.07. The molecule has 0 fully saturated rings. The molecule has 0 unspecified atom stereocenters. The largest absolute Gasteiger partial charge is 0.515 e. The van der Waals surface area contributed by atoms with Crippen LogP contribution in [0.5, 0.6) is 0 Å². The van der Waals surface area contributed by atoms with Crippen molar-refractivity contribution >= 4 is 27.5 Å². The summed E-state index contributed by atoms with van der Waals surface area (Å²) in [6.45, 7) is 1.99. The second-order valence-corrected chi connectivity index (χ2v) is 3.60. The average Bonchev–Trinajstić information content (AvgIpc) is 2.22. The van der Waals surface area contributed by atoms with Gasteiger partial charge in [-0.3, -0.25) is 0 Å². The number of esters is 1. The molecule has 0 amide bonds. The molecule has 1 aromatic carbocycles. The van der Waals surface area contributed by atoms with E-state index in [-0.39, 0.29) is 12.2 Å². The molecule has 0 aliphatic rings. The van der Waals surface area contributed by atoms with E-state index < -0.39 is 5.97 Å². The van der Waals surface area contributed by atoms with E-state index in [0.29, 0.717) is 5.56 Å². The van der Waals surface area contributed by atoms with Crippen LogP contribution >= 0.6 is 15.9 Å². The zero-order chi connectivity index (χ0) is 11.3. The van der Waals surface area contributed by atoms with Gasteiger partial charge in [0.05, 0.1) is 12.9 Å². The maximum Gasteiger partial charge on any atom is 0.341 e. The van der Waals surface area contributed by atoms with E-state index in [1.807, 2.05) is 6.07 Å². The summed E-state index contributed by atoms with van der Waals surface area (Å²) < 4.78 is 5.55. The summed E-state index contributed by atoms with van der Waals surface area (Å²) in [6.07, 6.45) is 0.762. The van der Waals surface area contributed by atoms with Crippen molar-refractivity contribution < 1.29 is 14.6 Å². The first-order valence-electron chi connectivity index (χ1n) is 4.47. The fraction of sp³-hybridized carbons (Fsp3) is 0.182. The Morgan fingerprint density at radius 2 is 2.20 bits per heavy atom. The first kappa shape index (κ1) is 11.8. The van der Waals surface area contributed by atoms with Crippen molar-refractivity contribution in [2.24, 2.45) is 0 Å². The van der Waals surface area contributed by atoms with Gasteiger partial charge in [0.1, 0.15) is 5.57 Å². The summed E-state index contributed by atoms with van der Waals surface area (Å²) >= 11 is 3.30. The third-order valence-corrected chi connectivity index (χ3v) is 2.48. The Kier molecular flexibility index (Phi) is 4.37. The number of benzene rings is 1. The molecule has 1 N–H and O–H groups in total. The Bertz CT molecular complexity index is 385. The Labute approximate surface area is 96.5 Å². The minimum atomic E-state index is -0.535. The molecule has 0 bridgehead atoms. The van der Waals surface area contributed by atoms with Gasteiger partial charge in [-0.15, -0.1) is 0 Å². The van der Waals surface area contributed by atoms with Crippen LogP contribution in [0, 0.1) is 0 Å². The van der Waals surface area contributed by atoms with E-state index in [1.165, 1.54) is 0 Å². The standard InChI is InChI=1S/C11H11BrO3/c1-2-15-11(14)9(7-13)8-5-3-4-6-10(8)12/h3-7,13H,2H2,1H3/b9-7+. The summed E-state index contributed by atoms with van der Waals surface area (Å²) in [5.41, 5.74) is 0.753. The summed E-state index contributed by atoms with van der Waals surface area (Å²) in [5, 5.41) is 9.02. The minimum absolute atomic E-state index is 0.143. The molecule has 0 saturated heterocycles. The molecule has 0 heterocycles. The number of carbonyl (C=O) groups excluding carboxylic acids is 1. The van der Waals surface area contributed by atoms with Crippen molar-refractivity contribution in [3.63, 3.8) is 0 Å². The van der Waals surface area contributed by atoms with Crippen LogP contribution in [-0.2, 0) is 9.53 Å². The smallest absolute Gasteiger partial charge is 0.341 e. The van der Waals surface area contributed by atoms with Crippen molar-refractivity contribution in [3.8, 4) is 0 Å². The van der Waals surface area contributed by atoms with Gasteiger partial charge in [0.15, 0.2) is 0 Å². The van der Waals surface area contributed by atoms with Crippen LogP contribution in [0.1, 0.15) is 12.5 Å². The lowest BCUT2D eigenvalue weighted by atomic mass is 10.1. The molecule has 1 rings (SSSR count). The van der Waals surface area contributed by atoms with Crippen molar-refractivity contribution in [1.29, 1.82) is 0 Å². The zero-order valence-corrected chi connectivity index (χ0v) is 9.82. The topological polar surface area (TPSA) is 46.5 Å². The molecule has 0 saturated carbocycles. The fourth-order valence-corrected chi connectivity index (χ4v) is 1.62. The molecule has 0 atom stereocenters. The number of hydrogen-bond donors (Lipinski definition) is 1. The number of carbonyl (C=O) groups is 1. The zero-order valence-electron chi connectivity index (χ0n) is 8.24. The van der Waals surface area contributed by atoms with Crippen LogP contribution in [-0.4, -0.2) is 17.7 Å². The predicted octanol–water partition coefficient (Wildman–Crippen LogP) is 2.91. The Balaban J connectivity index is 3.04. The maximum atomic E-state index is 11.5. The third kappa shape index (κ3) is 2.83. The van der Waals surface area contributed by atoms with Gasteiger partial charge in [-0.05, 0) is 13.0 Å². The van der Waals surface area contributed by atoms with E-state index in [1.54, 1.807) is 25.1 Å². The monoisotopic (exact) mass is 270 g/mol. The lowest BCUT2D eigenvalue weighted by molar-refractivity contribution is -0.136. The third-order valence-electron chi connectivity index (χ3n) is 1.79. The van der Waals surface area contributed by atoms with Gasteiger partial charge >= 0.3 is 5.97 Å². The molecule has 0 spiro atoms. The lowest BCUT2D eigenvalue weighted by Gasteiger charge is -2.07. The van der Waals surface area contributed by atoms with Crippen LogP contribution in [0.25, 0.3) is 5.57 Å². The summed E-state index contributed by atoms with van der Waals surface area (Å²) in [6, 6.07) is 7.12. The van der Waals surface area contributed by atoms with Crippen molar-refractivity contribution in [3.05, 3.63) is 40.6 Å². The molecule has 0 aliphatic carbocycles. The molecule has 0 radical (unpaired) electrons. The molecule has 4 heteroatoms. The van der Waals surface area contributed by atoms with Crippen molar-refractivity contribution in [1.82, 2.24) is 0 Å². The van der Waals surface area contributed by atoms with E-state index in [9.17, 15) is 4.79 Å². The van der Waals surface area contributed by atoms with E-state index >= 15 is 0 Å². The number of halogens is 1. The van der Waals surface area contributed by atoms with Crippen molar-refractivity contribution in [2.45, 2.75) is 6.92 Å². The molecule has 0 aromatic heterocycles. The van der Waals surface area contributed by atoms with E-state index in [2.05, 4.69) is 15.9 Å². The highest BCUT2D eigenvalue weighted by atomic mass is 79.9. The van der Waals surface area contributed by atoms with Crippen LogP contribution in [0.15, 0.2) is 35.0 Å². The van der Waals surface area contributed by atoms with Gasteiger partial charge in [-0.25, -0.2) is 4.79 Å². The van der Waals surface area contributed by atoms with Crippen LogP contribution in [0.3, 0.4) is 0 Å². The fourth-order valence-electron chi connectivity index (χ4n) is 1.12. The second kappa shape index (κ2) is 5.56. The highest BCUT2D eigenvalue weighted by Gasteiger charge is 2.15. The number of aliphatic hydroxyl groups is 1. The van der Waals surface area contributed by atoms with Gasteiger partial charge in [0, 0.05) is 10.0 Å². The quantitative estimate of drug-likeness (QED) is 0.522. The van der Waals surface area contributed by atoms with Gasteiger partial charge in [-0.2, -0.15) is 0 Å². The molecule has 15 heavy (non-hydrogen) atoms. The summed E-state index contributed by atoms with van der Waals surface area (Å²) in [4.78, 5) is 11.5. The van der Waals surface area contributed by atoms with E-state index in [4.69, 9.17) is 9.84 Å². The van der Waals surface area contributed by atoms with Gasteiger partial charge in [0.2, 0.25) is 0 Å². The molecular formula is C11H11BrO3. The normalized spacial score (nSPS) is 11.2. The average molecular weight is 271 g/mol. The molecule has 3 nitrogen and oxygen atoms in total. The summed E-state index contributed by atoms with van der Waals surface area (Å²) in [7, 11) is 0. The molecule has 0 aliphatic heterocycles. The number of rotatable bonds is 3. The Morgan fingerprint density at radius 3 is 2.73 bits per heavy atom. The Morgan fingerprint density at radius 1 is 1.53 bits per heavy atom. The van der Waals surface area contributed by atoms with Crippen molar-refractivity contribution in [2.75, 3.05) is 6.61 Å². The van der Waals surface area contributed by atoms with Crippen LogP contribution < -0.4 is 0 Å². The molecule has 1 aromatic rings. The first-order chi connectivity index (χ1) is 7.20. The SMILES string of the molecule is CCOC(=O)/C(=C/O)c1ccccc1Br. The first-order valence-corrected chi connectivity index (χ1v) is 5.26. The second-order valence-electron chi connectivity index (χ2n) is 2.74. The van der Waals surface area contributed by atoms with Crippen LogP contribution in [0.2, 0.25) is 0 Å². The highest BCUT2D eigenvalue weighted by molar-refractivity contribution is 9.10. The number of ether oxygens (including phenoxy) is 1. The minimum Gasteiger partial charge on any atom is -0.515 e. The number of aliphatic hydroxyl groups excluding tert-OH is 1. The maximum absolute atomic E-state index is 11.5. The highest BCUT2D eigenvalue weighted by Crippen LogP contribution is 2.24. The van der Waals surface area contributed by atoms with E-state index in [0.717, 1.165) is 10.7 Å². The molecule has 80 valence electrons. The number of hydrogen-bond acceptors (Lipinski definition) is 3. The predicted molar refractivity (Wildman–Crippen MR) is 61.4 cm³/mol. The summed E-state index contributed by atoms with van der Waals surface area (Å²) in [5.74, 6) is -0.535. The van der Waals surface area contributed by atoms with Gasteiger partial charge in [0.25, 0.3) is 0 Å². The van der Waals surface area contributed by atoms with Gasteiger partial charge < -0.3 is 9.84 Å². The van der Waals surface area contributed by atoms with Gasteiger partial charge in [-0.1, -0.05) is 34.1 Å². The molecular weight excluding hydrogens is 260 g/mol. The van der Waals surface area contributed by atoms with Crippen LogP contribution in [0.4, 0.5) is 0 Å². The Hall–Kier alpha value is -1.29.